The molecule has 3 heteroatoms. The van der Waals surface area contributed by atoms with Gasteiger partial charge in [0.15, 0.2) is 0 Å². The van der Waals surface area contributed by atoms with Gasteiger partial charge in [-0.05, 0) is 47.3 Å². The molecule has 1 rings (SSSR count). The third kappa shape index (κ3) is 4.64. The van der Waals surface area contributed by atoms with Crippen LogP contribution >= 0.6 is 11.3 Å². The Hall–Kier alpha value is -0.380. The molecule has 1 aromatic rings. The van der Waals surface area contributed by atoms with Gasteiger partial charge in [0.1, 0.15) is 0 Å². The second-order valence-corrected chi connectivity index (χ2v) is 5.99. The van der Waals surface area contributed by atoms with Gasteiger partial charge in [-0.25, -0.2) is 0 Å². The van der Waals surface area contributed by atoms with E-state index in [2.05, 4.69) is 42.5 Å². The lowest BCUT2D eigenvalue weighted by Crippen LogP contribution is -2.38. The van der Waals surface area contributed by atoms with Crippen molar-refractivity contribution in [3.8, 4) is 0 Å². The summed E-state index contributed by atoms with van der Waals surface area (Å²) in [4.78, 5) is 2.51. The lowest BCUT2D eigenvalue weighted by atomic mass is 9.93. The molecule has 0 amide bonds. The van der Waals surface area contributed by atoms with E-state index in [-0.39, 0.29) is 5.41 Å². The molecule has 2 N–H and O–H groups in total. The molecule has 0 aromatic carbocycles. The van der Waals surface area contributed by atoms with Crippen molar-refractivity contribution in [1.29, 1.82) is 0 Å². The largest absolute Gasteiger partial charge is 0.330 e. The van der Waals surface area contributed by atoms with Crippen LogP contribution in [0, 0.1) is 5.41 Å². The van der Waals surface area contributed by atoms with Crippen LogP contribution in [0.4, 0.5) is 0 Å². The molecule has 0 saturated carbocycles. The standard InChI is InChI=1S/C13H24N2S/c1-4-6-15(11-13(2,3)10-14)8-12-5-7-16-9-12/h5,7,9H,4,6,8,10-11,14H2,1-3H3. The second-order valence-electron chi connectivity index (χ2n) is 5.21. The van der Waals surface area contributed by atoms with Gasteiger partial charge in [0, 0.05) is 13.1 Å². The summed E-state index contributed by atoms with van der Waals surface area (Å²) >= 11 is 1.77. The SMILES string of the molecule is CCCN(Cc1ccsc1)CC(C)(C)CN. The van der Waals surface area contributed by atoms with Gasteiger partial charge in [0.2, 0.25) is 0 Å². The van der Waals surface area contributed by atoms with E-state index in [4.69, 9.17) is 5.73 Å². The van der Waals surface area contributed by atoms with Gasteiger partial charge in [-0.1, -0.05) is 20.8 Å². The molecular formula is C13H24N2S. The third-order valence-electron chi connectivity index (χ3n) is 2.73. The van der Waals surface area contributed by atoms with E-state index in [0.29, 0.717) is 0 Å². The van der Waals surface area contributed by atoms with Crippen LogP contribution in [-0.4, -0.2) is 24.5 Å². The fourth-order valence-corrected chi connectivity index (χ4v) is 2.50. The zero-order chi connectivity index (χ0) is 12.0. The maximum atomic E-state index is 5.80. The zero-order valence-electron chi connectivity index (χ0n) is 10.7. The van der Waals surface area contributed by atoms with Gasteiger partial charge < -0.3 is 5.73 Å². The molecule has 0 atom stereocenters. The summed E-state index contributed by atoms with van der Waals surface area (Å²) in [6.45, 7) is 10.7. The van der Waals surface area contributed by atoms with E-state index < -0.39 is 0 Å². The van der Waals surface area contributed by atoms with E-state index >= 15 is 0 Å². The Kier molecular flexibility index (Phi) is 5.46. The van der Waals surface area contributed by atoms with Crippen molar-refractivity contribution in [3.63, 3.8) is 0 Å². The van der Waals surface area contributed by atoms with Crippen LogP contribution in [0.5, 0.6) is 0 Å². The highest BCUT2D eigenvalue weighted by atomic mass is 32.1. The summed E-state index contributed by atoms with van der Waals surface area (Å²) in [7, 11) is 0. The fraction of sp³-hybridized carbons (Fsp3) is 0.692. The average molecular weight is 240 g/mol. The van der Waals surface area contributed by atoms with Crippen LogP contribution in [-0.2, 0) is 6.54 Å². The Labute approximate surface area is 103 Å². The summed E-state index contributed by atoms with van der Waals surface area (Å²) in [5, 5.41) is 4.38. The fourth-order valence-electron chi connectivity index (χ4n) is 1.84. The van der Waals surface area contributed by atoms with Crippen LogP contribution in [0.2, 0.25) is 0 Å². The van der Waals surface area contributed by atoms with E-state index in [9.17, 15) is 0 Å². The normalized spacial score (nSPS) is 12.3. The second kappa shape index (κ2) is 6.38. The maximum absolute atomic E-state index is 5.80. The topological polar surface area (TPSA) is 29.3 Å². The number of nitrogens with two attached hydrogens (primary N) is 1. The molecule has 0 saturated heterocycles. The highest BCUT2D eigenvalue weighted by Gasteiger charge is 2.19. The van der Waals surface area contributed by atoms with Gasteiger partial charge in [-0.15, -0.1) is 0 Å². The van der Waals surface area contributed by atoms with E-state index in [1.807, 2.05) is 0 Å². The molecule has 1 aromatic heterocycles. The number of rotatable bonds is 7. The van der Waals surface area contributed by atoms with Gasteiger partial charge >= 0.3 is 0 Å². The molecule has 0 aliphatic heterocycles. The molecule has 0 aliphatic carbocycles. The summed E-state index contributed by atoms with van der Waals surface area (Å²) in [6, 6.07) is 2.21. The monoisotopic (exact) mass is 240 g/mol. The first kappa shape index (κ1) is 13.7. The number of hydrogen-bond donors (Lipinski definition) is 1. The first-order valence-corrected chi connectivity index (χ1v) is 6.95. The van der Waals surface area contributed by atoms with Crippen molar-refractivity contribution in [1.82, 2.24) is 4.90 Å². The third-order valence-corrected chi connectivity index (χ3v) is 3.46. The number of hydrogen-bond acceptors (Lipinski definition) is 3. The van der Waals surface area contributed by atoms with Gasteiger partial charge in [-0.3, -0.25) is 4.90 Å². The molecule has 0 radical (unpaired) electrons. The Morgan fingerprint density at radius 3 is 2.69 bits per heavy atom. The summed E-state index contributed by atoms with van der Waals surface area (Å²) in [5.41, 5.74) is 7.44. The molecule has 0 bridgehead atoms. The summed E-state index contributed by atoms with van der Waals surface area (Å²) in [6.07, 6.45) is 1.20. The summed E-state index contributed by atoms with van der Waals surface area (Å²) in [5.74, 6) is 0. The Morgan fingerprint density at radius 2 is 2.19 bits per heavy atom. The van der Waals surface area contributed by atoms with E-state index in [0.717, 1.165) is 26.2 Å². The zero-order valence-corrected chi connectivity index (χ0v) is 11.5. The molecular weight excluding hydrogens is 216 g/mol. The summed E-state index contributed by atoms with van der Waals surface area (Å²) < 4.78 is 0. The minimum atomic E-state index is 0.213. The van der Waals surface area contributed by atoms with Crippen LogP contribution in [0.25, 0.3) is 0 Å². The van der Waals surface area contributed by atoms with Crippen LogP contribution in [0.3, 0.4) is 0 Å². The Balaban J connectivity index is 2.54. The van der Waals surface area contributed by atoms with Crippen molar-refractivity contribution in [3.05, 3.63) is 22.4 Å². The highest BCUT2D eigenvalue weighted by molar-refractivity contribution is 7.07. The first-order chi connectivity index (χ1) is 7.57. The number of thiophene rings is 1. The lowest BCUT2D eigenvalue weighted by Gasteiger charge is -2.31. The van der Waals surface area contributed by atoms with Gasteiger partial charge in [0.25, 0.3) is 0 Å². The van der Waals surface area contributed by atoms with E-state index in [1.54, 1.807) is 11.3 Å². The van der Waals surface area contributed by atoms with Crippen molar-refractivity contribution in [2.45, 2.75) is 33.7 Å². The quantitative estimate of drug-likeness (QED) is 0.794. The molecule has 0 spiro atoms. The minimum absolute atomic E-state index is 0.213. The lowest BCUT2D eigenvalue weighted by molar-refractivity contribution is 0.176. The molecule has 1 heterocycles. The average Bonchev–Trinajstić information content (AvgIpc) is 2.70. The van der Waals surface area contributed by atoms with Crippen LogP contribution in [0.1, 0.15) is 32.8 Å². The van der Waals surface area contributed by atoms with Crippen LogP contribution < -0.4 is 5.73 Å². The molecule has 92 valence electrons. The van der Waals surface area contributed by atoms with Crippen molar-refractivity contribution < 1.29 is 0 Å². The Morgan fingerprint density at radius 1 is 1.44 bits per heavy atom. The van der Waals surface area contributed by atoms with Crippen molar-refractivity contribution >= 4 is 11.3 Å². The minimum Gasteiger partial charge on any atom is -0.330 e. The smallest absolute Gasteiger partial charge is 0.0242 e. The molecule has 0 unspecified atom stereocenters. The van der Waals surface area contributed by atoms with Crippen molar-refractivity contribution in [2.75, 3.05) is 19.6 Å². The first-order valence-electron chi connectivity index (χ1n) is 6.01. The van der Waals surface area contributed by atoms with E-state index in [1.165, 1.54) is 12.0 Å². The molecule has 0 fully saturated rings. The van der Waals surface area contributed by atoms with Crippen LogP contribution in [0.15, 0.2) is 16.8 Å². The maximum Gasteiger partial charge on any atom is 0.0242 e. The molecule has 2 nitrogen and oxygen atoms in total. The predicted octanol–water partition coefficient (Wildman–Crippen LogP) is 2.95. The number of nitrogens with zero attached hydrogens (tertiary/aromatic N) is 1. The molecule has 16 heavy (non-hydrogen) atoms. The Bertz CT molecular complexity index is 280. The van der Waals surface area contributed by atoms with Gasteiger partial charge in [-0.2, -0.15) is 11.3 Å². The van der Waals surface area contributed by atoms with Crippen molar-refractivity contribution in [2.24, 2.45) is 11.1 Å². The van der Waals surface area contributed by atoms with Gasteiger partial charge in [0.05, 0.1) is 0 Å². The predicted molar refractivity (Wildman–Crippen MR) is 72.7 cm³/mol. The molecule has 0 aliphatic rings. The highest BCUT2D eigenvalue weighted by Crippen LogP contribution is 2.18.